The maximum absolute atomic E-state index is 12.4. The molecule has 1 aliphatic carbocycles. The summed E-state index contributed by atoms with van der Waals surface area (Å²) in [5, 5.41) is 9.13. The molecule has 3 rings (SSSR count). The Morgan fingerprint density at radius 2 is 2.11 bits per heavy atom. The summed E-state index contributed by atoms with van der Waals surface area (Å²) in [5.74, 6) is -0.613. The predicted octanol–water partition coefficient (Wildman–Crippen LogP) is 1.65. The molecule has 1 amide bonds. The van der Waals surface area contributed by atoms with Crippen LogP contribution in [0.1, 0.15) is 47.7 Å². The summed E-state index contributed by atoms with van der Waals surface area (Å²) < 4.78 is 0. The van der Waals surface area contributed by atoms with Crippen molar-refractivity contribution in [2.45, 2.75) is 37.6 Å². The highest BCUT2D eigenvalue weighted by atomic mass is 16.4. The SMILES string of the molecule is O=C(O)C1CCCN1C(=O)c1ccnc(C2CC2)c1. The van der Waals surface area contributed by atoms with Crippen molar-refractivity contribution in [1.29, 1.82) is 0 Å². The van der Waals surface area contributed by atoms with Gasteiger partial charge in [0.05, 0.1) is 0 Å². The molecule has 1 N–H and O–H groups in total. The lowest BCUT2D eigenvalue weighted by Gasteiger charge is -2.21. The fourth-order valence-corrected chi connectivity index (χ4v) is 2.62. The second-order valence-corrected chi connectivity index (χ2v) is 5.24. The van der Waals surface area contributed by atoms with E-state index in [4.69, 9.17) is 5.11 Å². The van der Waals surface area contributed by atoms with Crippen LogP contribution in [-0.4, -0.2) is 39.5 Å². The third-order valence-corrected chi connectivity index (χ3v) is 3.82. The molecule has 0 aromatic carbocycles. The van der Waals surface area contributed by atoms with Crippen LogP contribution >= 0.6 is 0 Å². The smallest absolute Gasteiger partial charge is 0.326 e. The number of carboxylic acid groups (broad SMARTS) is 1. The van der Waals surface area contributed by atoms with E-state index in [-0.39, 0.29) is 5.91 Å². The third kappa shape index (κ3) is 2.32. The van der Waals surface area contributed by atoms with Crippen LogP contribution in [-0.2, 0) is 4.79 Å². The maximum Gasteiger partial charge on any atom is 0.326 e. The van der Waals surface area contributed by atoms with Gasteiger partial charge in [-0.3, -0.25) is 9.78 Å². The van der Waals surface area contributed by atoms with Crippen LogP contribution in [0.15, 0.2) is 18.3 Å². The second-order valence-electron chi connectivity index (χ2n) is 5.24. The average Bonchev–Trinajstić information content (AvgIpc) is 3.15. The van der Waals surface area contributed by atoms with E-state index >= 15 is 0 Å². The summed E-state index contributed by atoms with van der Waals surface area (Å²) in [5.41, 5.74) is 1.52. The molecule has 1 unspecified atom stereocenters. The number of aliphatic carboxylic acids is 1. The molecule has 0 spiro atoms. The number of carboxylic acids is 1. The zero-order valence-electron chi connectivity index (χ0n) is 10.6. The highest BCUT2D eigenvalue weighted by molar-refractivity contribution is 5.97. The zero-order valence-corrected chi connectivity index (χ0v) is 10.6. The lowest BCUT2D eigenvalue weighted by Crippen LogP contribution is -2.40. The van der Waals surface area contributed by atoms with E-state index in [9.17, 15) is 9.59 Å². The minimum atomic E-state index is -0.915. The number of carbonyl (C=O) groups excluding carboxylic acids is 1. The first kappa shape index (κ1) is 12.1. The fourth-order valence-electron chi connectivity index (χ4n) is 2.62. The Bertz CT molecular complexity index is 525. The standard InChI is InChI=1S/C14H16N2O3/c17-13(16-7-1-2-12(16)14(18)19)10-5-6-15-11(8-10)9-3-4-9/h5-6,8-9,12H,1-4,7H2,(H,18,19). The van der Waals surface area contributed by atoms with Crippen molar-refractivity contribution in [3.8, 4) is 0 Å². The Kier molecular flexibility index (Phi) is 2.97. The number of amides is 1. The van der Waals surface area contributed by atoms with Gasteiger partial charge in [-0.15, -0.1) is 0 Å². The van der Waals surface area contributed by atoms with E-state index in [2.05, 4.69) is 4.98 Å². The molecule has 19 heavy (non-hydrogen) atoms. The molecule has 1 saturated carbocycles. The van der Waals surface area contributed by atoms with Crippen molar-refractivity contribution in [1.82, 2.24) is 9.88 Å². The Morgan fingerprint density at radius 3 is 2.79 bits per heavy atom. The Morgan fingerprint density at radius 1 is 1.32 bits per heavy atom. The monoisotopic (exact) mass is 260 g/mol. The van der Waals surface area contributed by atoms with Crippen LogP contribution in [0.25, 0.3) is 0 Å². The third-order valence-electron chi connectivity index (χ3n) is 3.82. The van der Waals surface area contributed by atoms with Crippen molar-refractivity contribution in [2.24, 2.45) is 0 Å². The summed E-state index contributed by atoms with van der Waals surface area (Å²) >= 11 is 0. The van der Waals surface area contributed by atoms with Crippen molar-refractivity contribution in [2.75, 3.05) is 6.54 Å². The molecule has 1 aromatic heterocycles. The summed E-state index contributed by atoms with van der Waals surface area (Å²) in [6, 6.07) is 2.81. The first-order valence-corrected chi connectivity index (χ1v) is 6.66. The molecule has 1 aromatic rings. The maximum atomic E-state index is 12.4. The van der Waals surface area contributed by atoms with Crippen LogP contribution in [0, 0.1) is 0 Å². The fraction of sp³-hybridized carbons (Fsp3) is 0.500. The molecule has 5 nitrogen and oxygen atoms in total. The topological polar surface area (TPSA) is 70.5 Å². The molecule has 0 radical (unpaired) electrons. The van der Waals surface area contributed by atoms with E-state index in [1.54, 1.807) is 12.3 Å². The summed E-state index contributed by atoms with van der Waals surface area (Å²) in [4.78, 5) is 29.3. The van der Waals surface area contributed by atoms with Gasteiger partial charge in [0, 0.05) is 29.9 Å². The molecule has 0 bridgehead atoms. The van der Waals surface area contributed by atoms with Gasteiger partial charge >= 0.3 is 5.97 Å². The van der Waals surface area contributed by atoms with Gasteiger partial charge in [-0.05, 0) is 37.8 Å². The highest BCUT2D eigenvalue weighted by Gasteiger charge is 2.35. The van der Waals surface area contributed by atoms with Crippen LogP contribution in [0.5, 0.6) is 0 Å². The van der Waals surface area contributed by atoms with Crippen LogP contribution < -0.4 is 0 Å². The Balaban J connectivity index is 1.82. The largest absolute Gasteiger partial charge is 0.480 e. The molecule has 100 valence electrons. The minimum absolute atomic E-state index is 0.186. The second kappa shape index (κ2) is 4.64. The number of hydrogen-bond acceptors (Lipinski definition) is 3. The lowest BCUT2D eigenvalue weighted by molar-refractivity contribution is -0.141. The molecule has 5 heteroatoms. The van der Waals surface area contributed by atoms with Crippen LogP contribution in [0.4, 0.5) is 0 Å². The quantitative estimate of drug-likeness (QED) is 0.897. The van der Waals surface area contributed by atoms with Gasteiger partial charge in [0.25, 0.3) is 5.91 Å². The summed E-state index contributed by atoms with van der Waals surface area (Å²) in [6.07, 6.45) is 5.20. The summed E-state index contributed by atoms with van der Waals surface area (Å²) in [6.45, 7) is 0.525. The van der Waals surface area contributed by atoms with Crippen LogP contribution in [0.2, 0.25) is 0 Å². The predicted molar refractivity (Wildman–Crippen MR) is 67.9 cm³/mol. The van der Waals surface area contributed by atoms with Crippen molar-refractivity contribution in [3.63, 3.8) is 0 Å². The molecule has 2 fully saturated rings. The van der Waals surface area contributed by atoms with Gasteiger partial charge in [0.15, 0.2) is 0 Å². The molecule has 2 aliphatic rings. The molecular weight excluding hydrogens is 244 g/mol. The van der Waals surface area contributed by atoms with Crippen molar-refractivity contribution < 1.29 is 14.7 Å². The molecule has 2 heterocycles. The summed E-state index contributed by atoms with van der Waals surface area (Å²) in [7, 11) is 0. The minimum Gasteiger partial charge on any atom is -0.480 e. The van der Waals surface area contributed by atoms with Gasteiger partial charge in [-0.25, -0.2) is 4.79 Å². The molecular formula is C14H16N2O3. The number of rotatable bonds is 3. The number of aromatic nitrogens is 1. The van der Waals surface area contributed by atoms with Crippen LogP contribution in [0.3, 0.4) is 0 Å². The van der Waals surface area contributed by atoms with E-state index in [1.165, 1.54) is 4.90 Å². The zero-order chi connectivity index (χ0) is 13.4. The van der Waals surface area contributed by atoms with Gasteiger partial charge < -0.3 is 10.0 Å². The number of pyridine rings is 1. The van der Waals surface area contributed by atoms with E-state index in [0.29, 0.717) is 24.4 Å². The van der Waals surface area contributed by atoms with Gasteiger partial charge in [-0.2, -0.15) is 0 Å². The van der Waals surface area contributed by atoms with E-state index in [1.807, 2.05) is 6.07 Å². The van der Waals surface area contributed by atoms with Crippen molar-refractivity contribution >= 4 is 11.9 Å². The van der Waals surface area contributed by atoms with Gasteiger partial charge in [-0.1, -0.05) is 0 Å². The van der Waals surface area contributed by atoms with Gasteiger partial charge in [0.1, 0.15) is 6.04 Å². The average molecular weight is 260 g/mol. The van der Waals surface area contributed by atoms with E-state index < -0.39 is 12.0 Å². The number of likely N-dealkylation sites (tertiary alicyclic amines) is 1. The first-order valence-electron chi connectivity index (χ1n) is 6.66. The molecule has 1 atom stereocenters. The highest BCUT2D eigenvalue weighted by Crippen LogP contribution is 2.39. The molecule has 1 saturated heterocycles. The number of nitrogens with zero attached hydrogens (tertiary/aromatic N) is 2. The number of carbonyl (C=O) groups is 2. The van der Waals surface area contributed by atoms with Crippen molar-refractivity contribution in [3.05, 3.63) is 29.6 Å². The Labute approximate surface area is 111 Å². The Hall–Kier alpha value is -1.91. The first-order chi connectivity index (χ1) is 9.16. The number of hydrogen-bond donors (Lipinski definition) is 1. The lowest BCUT2D eigenvalue weighted by atomic mass is 10.1. The normalized spacial score (nSPS) is 22.5. The van der Waals surface area contributed by atoms with E-state index in [0.717, 1.165) is 25.0 Å². The molecule has 1 aliphatic heterocycles. The van der Waals surface area contributed by atoms with Gasteiger partial charge in [0.2, 0.25) is 0 Å².